The number of nitrogens with zero attached hydrogens (tertiary/aromatic N) is 1. The lowest BCUT2D eigenvalue weighted by Crippen LogP contribution is -2.08. The Morgan fingerprint density at radius 3 is 2.50 bits per heavy atom. The van der Waals surface area contributed by atoms with E-state index in [0.717, 1.165) is 0 Å². The van der Waals surface area contributed by atoms with Gasteiger partial charge in [0.25, 0.3) is 5.69 Å². The van der Waals surface area contributed by atoms with Crippen molar-refractivity contribution in [3.63, 3.8) is 0 Å². The second-order valence-corrected chi connectivity index (χ2v) is 4.34. The topological polar surface area (TPSA) is 52.4 Å². The van der Waals surface area contributed by atoms with Crippen molar-refractivity contribution < 1.29 is 9.66 Å². The fourth-order valence-electron chi connectivity index (χ4n) is 1.44. The van der Waals surface area contributed by atoms with E-state index in [-0.39, 0.29) is 17.0 Å². The summed E-state index contributed by atoms with van der Waals surface area (Å²) in [6.45, 7) is 3.68. The van der Waals surface area contributed by atoms with Crippen LogP contribution in [0.5, 0.6) is 5.75 Å². The van der Waals surface area contributed by atoms with Crippen molar-refractivity contribution in [2.24, 2.45) is 0 Å². The number of methoxy groups -OCH3 is 1. The third-order valence-corrected chi connectivity index (χ3v) is 2.99. The largest absolute Gasteiger partial charge is 0.497 e. The second kappa shape index (κ2) is 5.16. The number of rotatable bonds is 4. The van der Waals surface area contributed by atoms with Gasteiger partial charge in [-0.2, -0.15) is 0 Å². The fourth-order valence-corrected chi connectivity index (χ4v) is 1.57. The van der Waals surface area contributed by atoms with Gasteiger partial charge in [-0.1, -0.05) is 6.92 Å². The molecule has 0 aliphatic heterocycles. The molecule has 2 unspecified atom stereocenters. The maximum Gasteiger partial charge on any atom is 0.273 e. The summed E-state index contributed by atoms with van der Waals surface area (Å²) in [5.74, 6) is 0.502. The zero-order valence-electron chi connectivity index (χ0n) is 9.44. The highest BCUT2D eigenvalue weighted by Gasteiger charge is 2.22. The maximum atomic E-state index is 10.9. The Balaban J connectivity index is 3.25. The highest BCUT2D eigenvalue weighted by Crippen LogP contribution is 2.33. The van der Waals surface area contributed by atoms with Gasteiger partial charge in [-0.25, -0.2) is 0 Å². The Morgan fingerprint density at radius 2 is 2.06 bits per heavy atom. The lowest BCUT2D eigenvalue weighted by molar-refractivity contribution is -0.385. The molecule has 0 radical (unpaired) electrons. The van der Waals surface area contributed by atoms with E-state index in [2.05, 4.69) is 0 Å². The molecule has 4 nitrogen and oxygen atoms in total. The zero-order chi connectivity index (χ0) is 12.3. The normalized spacial score (nSPS) is 14.2. The minimum atomic E-state index is -0.398. The summed E-state index contributed by atoms with van der Waals surface area (Å²) >= 11 is 5.97. The summed E-state index contributed by atoms with van der Waals surface area (Å²) in [7, 11) is 1.53. The van der Waals surface area contributed by atoms with Crippen molar-refractivity contribution in [1.82, 2.24) is 0 Å². The molecule has 0 fully saturated rings. The molecule has 0 spiro atoms. The minimum Gasteiger partial charge on any atom is -0.497 e. The smallest absolute Gasteiger partial charge is 0.273 e. The molecule has 0 saturated carbocycles. The van der Waals surface area contributed by atoms with Gasteiger partial charge in [0.15, 0.2) is 0 Å². The molecular formula is C11H14ClNO3. The Hall–Kier alpha value is -1.29. The van der Waals surface area contributed by atoms with Crippen LogP contribution in [0.1, 0.15) is 25.3 Å². The molecule has 0 saturated heterocycles. The van der Waals surface area contributed by atoms with Gasteiger partial charge in [-0.15, -0.1) is 11.6 Å². The Labute approximate surface area is 99.3 Å². The SMILES string of the molecule is COc1ccc([N+](=O)[O-])c(C(C)C(C)Cl)c1. The van der Waals surface area contributed by atoms with Crippen molar-refractivity contribution in [2.45, 2.75) is 25.1 Å². The molecule has 0 aromatic heterocycles. The molecule has 5 heteroatoms. The van der Waals surface area contributed by atoms with E-state index in [1.807, 2.05) is 13.8 Å². The van der Waals surface area contributed by atoms with Gasteiger partial charge < -0.3 is 4.74 Å². The van der Waals surface area contributed by atoms with Crippen molar-refractivity contribution >= 4 is 17.3 Å². The molecule has 1 aromatic rings. The predicted octanol–water partition coefficient (Wildman–Crippen LogP) is 3.33. The van der Waals surface area contributed by atoms with Gasteiger partial charge in [0.05, 0.1) is 12.0 Å². The predicted molar refractivity (Wildman–Crippen MR) is 63.4 cm³/mol. The van der Waals surface area contributed by atoms with Crippen LogP contribution in [0.25, 0.3) is 0 Å². The average Bonchev–Trinajstić information content (AvgIpc) is 2.26. The lowest BCUT2D eigenvalue weighted by Gasteiger charge is -2.15. The summed E-state index contributed by atoms with van der Waals surface area (Å²) in [5.41, 5.74) is 0.688. The van der Waals surface area contributed by atoms with Gasteiger partial charge in [-0.05, 0) is 19.1 Å². The summed E-state index contributed by atoms with van der Waals surface area (Å²) in [6, 6.07) is 4.69. The minimum absolute atomic E-state index is 0.0841. The van der Waals surface area contributed by atoms with E-state index < -0.39 is 4.92 Å². The van der Waals surface area contributed by atoms with E-state index >= 15 is 0 Å². The van der Waals surface area contributed by atoms with Gasteiger partial charge in [-0.3, -0.25) is 10.1 Å². The number of alkyl halides is 1. The first-order valence-electron chi connectivity index (χ1n) is 4.93. The van der Waals surface area contributed by atoms with Crippen molar-refractivity contribution in [1.29, 1.82) is 0 Å². The van der Waals surface area contributed by atoms with Crippen LogP contribution in [0.3, 0.4) is 0 Å². The average molecular weight is 244 g/mol. The molecular weight excluding hydrogens is 230 g/mol. The van der Waals surface area contributed by atoms with Crippen LogP contribution in [0.2, 0.25) is 0 Å². The third-order valence-electron chi connectivity index (χ3n) is 2.61. The monoisotopic (exact) mass is 243 g/mol. The first-order chi connectivity index (χ1) is 7.47. The molecule has 0 bridgehead atoms. The van der Waals surface area contributed by atoms with Crippen LogP contribution in [-0.2, 0) is 0 Å². The number of hydrogen-bond acceptors (Lipinski definition) is 3. The molecule has 0 aliphatic rings. The van der Waals surface area contributed by atoms with Crippen LogP contribution >= 0.6 is 11.6 Å². The summed E-state index contributed by atoms with van der Waals surface area (Å²) in [5, 5.41) is 10.7. The van der Waals surface area contributed by atoms with Gasteiger partial charge in [0.1, 0.15) is 5.75 Å². The summed E-state index contributed by atoms with van der Waals surface area (Å²) < 4.78 is 5.05. The number of hydrogen-bond donors (Lipinski definition) is 0. The van der Waals surface area contributed by atoms with E-state index in [0.29, 0.717) is 11.3 Å². The molecule has 0 N–H and O–H groups in total. The quantitative estimate of drug-likeness (QED) is 0.463. The first kappa shape index (κ1) is 12.8. The number of halogens is 1. The molecule has 1 rings (SSSR count). The maximum absolute atomic E-state index is 10.9. The van der Waals surface area contributed by atoms with Crippen LogP contribution in [-0.4, -0.2) is 17.4 Å². The Bertz CT molecular complexity index is 393. The van der Waals surface area contributed by atoms with E-state index in [1.54, 1.807) is 12.1 Å². The van der Waals surface area contributed by atoms with Crippen LogP contribution in [0, 0.1) is 10.1 Å². The molecule has 0 heterocycles. The van der Waals surface area contributed by atoms with Crippen LogP contribution in [0.15, 0.2) is 18.2 Å². The van der Waals surface area contributed by atoms with Gasteiger partial charge >= 0.3 is 0 Å². The zero-order valence-corrected chi connectivity index (χ0v) is 10.2. The van der Waals surface area contributed by atoms with Crippen LogP contribution in [0.4, 0.5) is 5.69 Å². The van der Waals surface area contributed by atoms with Crippen molar-refractivity contribution in [3.8, 4) is 5.75 Å². The molecule has 0 amide bonds. The fraction of sp³-hybridized carbons (Fsp3) is 0.455. The van der Waals surface area contributed by atoms with Gasteiger partial charge in [0, 0.05) is 22.9 Å². The third kappa shape index (κ3) is 2.64. The molecule has 0 aliphatic carbocycles. The van der Waals surface area contributed by atoms with Gasteiger partial charge in [0.2, 0.25) is 0 Å². The van der Waals surface area contributed by atoms with Crippen LogP contribution < -0.4 is 4.74 Å². The standard InChI is InChI=1S/C11H14ClNO3/c1-7(8(2)12)10-6-9(16-3)4-5-11(10)13(14)15/h4-8H,1-3H3. The Kier molecular flexibility index (Phi) is 4.12. The summed E-state index contributed by atoms with van der Waals surface area (Å²) in [6.07, 6.45) is 0. The van der Waals surface area contributed by atoms with E-state index in [9.17, 15) is 10.1 Å². The number of ether oxygens (including phenoxy) is 1. The number of nitro benzene ring substituents is 1. The molecule has 2 atom stereocenters. The van der Waals surface area contributed by atoms with Crippen molar-refractivity contribution in [2.75, 3.05) is 7.11 Å². The highest BCUT2D eigenvalue weighted by molar-refractivity contribution is 6.20. The second-order valence-electron chi connectivity index (χ2n) is 3.65. The lowest BCUT2D eigenvalue weighted by atomic mass is 9.96. The summed E-state index contributed by atoms with van der Waals surface area (Å²) in [4.78, 5) is 10.5. The molecule has 1 aromatic carbocycles. The molecule has 88 valence electrons. The Morgan fingerprint density at radius 1 is 1.44 bits per heavy atom. The first-order valence-corrected chi connectivity index (χ1v) is 5.37. The van der Waals surface area contributed by atoms with Crippen molar-refractivity contribution in [3.05, 3.63) is 33.9 Å². The van der Waals surface area contributed by atoms with E-state index in [4.69, 9.17) is 16.3 Å². The molecule has 16 heavy (non-hydrogen) atoms. The number of benzene rings is 1. The highest BCUT2D eigenvalue weighted by atomic mass is 35.5. The number of nitro groups is 1. The van der Waals surface area contributed by atoms with E-state index in [1.165, 1.54) is 13.2 Å².